The van der Waals surface area contributed by atoms with E-state index in [1.165, 1.54) is 11.3 Å². The molecule has 1 heterocycles. The van der Waals surface area contributed by atoms with Gasteiger partial charge < -0.3 is 0 Å². The number of aromatic nitrogens is 2. The van der Waals surface area contributed by atoms with E-state index in [9.17, 15) is 0 Å². The molecule has 2 rings (SSSR count). The topological polar surface area (TPSA) is 25.8 Å². The molecule has 0 aliphatic rings. The van der Waals surface area contributed by atoms with E-state index in [0.29, 0.717) is 0 Å². The van der Waals surface area contributed by atoms with Crippen LogP contribution in [0.5, 0.6) is 0 Å². The Labute approximate surface area is 78.8 Å². The smallest absolute Gasteiger partial charge is 0.147 e. The summed E-state index contributed by atoms with van der Waals surface area (Å²) in [7, 11) is 0. The van der Waals surface area contributed by atoms with Crippen LogP contribution in [0.1, 0.15) is 0 Å². The zero-order valence-corrected chi connectivity index (χ0v) is 7.64. The SMILES string of the molecule is Clc1ccc(-c2nncs2)cc1. The summed E-state index contributed by atoms with van der Waals surface area (Å²) >= 11 is 7.26. The van der Waals surface area contributed by atoms with Crippen molar-refractivity contribution < 1.29 is 0 Å². The molecule has 0 saturated carbocycles. The molecule has 0 atom stereocenters. The standard InChI is InChI=1S/C8H5ClN2S/c9-7-3-1-6(2-4-7)8-11-10-5-12-8/h1-5H. The Bertz CT molecular complexity index is 355. The summed E-state index contributed by atoms with van der Waals surface area (Å²) in [4.78, 5) is 0. The molecule has 1 aromatic heterocycles. The van der Waals surface area contributed by atoms with Gasteiger partial charge in [0.2, 0.25) is 0 Å². The molecule has 1 aromatic carbocycles. The van der Waals surface area contributed by atoms with E-state index in [1.807, 2.05) is 24.3 Å². The van der Waals surface area contributed by atoms with Gasteiger partial charge >= 0.3 is 0 Å². The van der Waals surface area contributed by atoms with E-state index in [1.54, 1.807) is 5.51 Å². The molecular weight excluding hydrogens is 192 g/mol. The number of hydrogen-bond donors (Lipinski definition) is 0. The minimum atomic E-state index is 0.739. The summed E-state index contributed by atoms with van der Waals surface area (Å²) in [6.45, 7) is 0. The Kier molecular flexibility index (Phi) is 2.06. The maximum Gasteiger partial charge on any atom is 0.147 e. The highest BCUT2D eigenvalue weighted by Crippen LogP contribution is 2.21. The molecule has 2 nitrogen and oxygen atoms in total. The molecule has 12 heavy (non-hydrogen) atoms. The van der Waals surface area contributed by atoms with Gasteiger partial charge in [-0.3, -0.25) is 0 Å². The van der Waals surface area contributed by atoms with Crippen molar-refractivity contribution in [1.82, 2.24) is 10.2 Å². The zero-order chi connectivity index (χ0) is 8.39. The van der Waals surface area contributed by atoms with Crippen molar-refractivity contribution in [3.8, 4) is 10.6 Å². The van der Waals surface area contributed by atoms with E-state index >= 15 is 0 Å². The summed E-state index contributed by atoms with van der Waals surface area (Å²) in [6, 6.07) is 7.56. The van der Waals surface area contributed by atoms with Crippen LogP contribution >= 0.6 is 22.9 Å². The van der Waals surface area contributed by atoms with Crippen molar-refractivity contribution in [2.75, 3.05) is 0 Å². The summed E-state index contributed by atoms with van der Waals surface area (Å²) in [5.41, 5.74) is 2.77. The molecule has 0 N–H and O–H groups in total. The van der Waals surface area contributed by atoms with Crippen molar-refractivity contribution in [1.29, 1.82) is 0 Å². The predicted molar refractivity (Wildman–Crippen MR) is 50.4 cm³/mol. The van der Waals surface area contributed by atoms with Crippen molar-refractivity contribution in [2.24, 2.45) is 0 Å². The largest absolute Gasteiger partial charge is 0.147 e. The number of halogens is 1. The van der Waals surface area contributed by atoms with Gasteiger partial charge in [0, 0.05) is 10.6 Å². The van der Waals surface area contributed by atoms with Crippen molar-refractivity contribution in [2.45, 2.75) is 0 Å². The lowest BCUT2D eigenvalue weighted by atomic mass is 10.2. The lowest BCUT2D eigenvalue weighted by molar-refractivity contribution is 1.10. The predicted octanol–water partition coefficient (Wildman–Crippen LogP) is 2.86. The molecule has 0 fully saturated rings. The van der Waals surface area contributed by atoms with Gasteiger partial charge in [-0.15, -0.1) is 10.2 Å². The van der Waals surface area contributed by atoms with Gasteiger partial charge in [-0.05, 0) is 12.1 Å². The van der Waals surface area contributed by atoms with Gasteiger partial charge in [-0.2, -0.15) is 0 Å². The van der Waals surface area contributed by atoms with Crippen LogP contribution in [0.3, 0.4) is 0 Å². The second-order valence-corrected chi connectivity index (χ2v) is 3.52. The molecule has 0 unspecified atom stereocenters. The molecular formula is C8H5ClN2S. The van der Waals surface area contributed by atoms with Crippen LogP contribution in [-0.2, 0) is 0 Å². The number of rotatable bonds is 1. The second kappa shape index (κ2) is 3.21. The highest BCUT2D eigenvalue weighted by atomic mass is 35.5. The molecule has 0 saturated heterocycles. The number of benzene rings is 1. The molecule has 0 radical (unpaired) electrons. The fourth-order valence-corrected chi connectivity index (χ4v) is 1.58. The maximum atomic E-state index is 5.74. The Morgan fingerprint density at radius 2 is 1.92 bits per heavy atom. The molecule has 0 aliphatic carbocycles. The first-order chi connectivity index (χ1) is 5.86. The molecule has 0 bridgehead atoms. The van der Waals surface area contributed by atoms with E-state index < -0.39 is 0 Å². The van der Waals surface area contributed by atoms with Crippen LogP contribution in [0.15, 0.2) is 29.8 Å². The van der Waals surface area contributed by atoms with Gasteiger partial charge in [0.1, 0.15) is 10.5 Å². The fraction of sp³-hybridized carbons (Fsp3) is 0. The minimum absolute atomic E-state index is 0.739. The average Bonchev–Trinajstić information content (AvgIpc) is 2.58. The highest BCUT2D eigenvalue weighted by Gasteiger charge is 1.99. The fourth-order valence-electron chi connectivity index (χ4n) is 0.891. The number of hydrogen-bond acceptors (Lipinski definition) is 3. The Morgan fingerprint density at radius 3 is 2.50 bits per heavy atom. The van der Waals surface area contributed by atoms with Crippen molar-refractivity contribution in [3.05, 3.63) is 34.8 Å². The van der Waals surface area contributed by atoms with Crippen LogP contribution in [0.4, 0.5) is 0 Å². The monoisotopic (exact) mass is 196 g/mol. The lowest BCUT2D eigenvalue weighted by Crippen LogP contribution is -1.75. The van der Waals surface area contributed by atoms with Crippen LogP contribution in [-0.4, -0.2) is 10.2 Å². The molecule has 4 heteroatoms. The summed E-state index contributed by atoms with van der Waals surface area (Å²) in [5, 5.41) is 9.36. The maximum absolute atomic E-state index is 5.74. The summed E-state index contributed by atoms with van der Waals surface area (Å²) in [5.74, 6) is 0. The van der Waals surface area contributed by atoms with Gasteiger partial charge in [0.05, 0.1) is 0 Å². The van der Waals surface area contributed by atoms with E-state index in [4.69, 9.17) is 11.6 Å². The van der Waals surface area contributed by atoms with Gasteiger partial charge in [0.25, 0.3) is 0 Å². The molecule has 0 spiro atoms. The van der Waals surface area contributed by atoms with Crippen LogP contribution in [0.2, 0.25) is 5.02 Å². The molecule has 0 amide bonds. The normalized spacial score (nSPS) is 10.1. The second-order valence-electron chi connectivity index (χ2n) is 2.25. The van der Waals surface area contributed by atoms with Crippen LogP contribution < -0.4 is 0 Å². The molecule has 2 aromatic rings. The quantitative estimate of drug-likeness (QED) is 0.701. The molecule has 0 aliphatic heterocycles. The van der Waals surface area contributed by atoms with Gasteiger partial charge in [0.15, 0.2) is 0 Å². The third-order valence-electron chi connectivity index (χ3n) is 1.45. The average molecular weight is 197 g/mol. The number of nitrogens with zero attached hydrogens (tertiary/aromatic N) is 2. The summed E-state index contributed by atoms with van der Waals surface area (Å²) in [6.07, 6.45) is 0. The molecule has 60 valence electrons. The van der Waals surface area contributed by atoms with Crippen molar-refractivity contribution in [3.63, 3.8) is 0 Å². The van der Waals surface area contributed by atoms with Crippen LogP contribution in [0.25, 0.3) is 10.6 Å². The van der Waals surface area contributed by atoms with Crippen LogP contribution in [0, 0.1) is 0 Å². The Balaban J connectivity index is 2.43. The highest BCUT2D eigenvalue weighted by molar-refractivity contribution is 7.12. The first kappa shape index (κ1) is 7.71. The van der Waals surface area contributed by atoms with Gasteiger partial charge in [-0.1, -0.05) is 35.1 Å². The van der Waals surface area contributed by atoms with Gasteiger partial charge in [-0.25, -0.2) is 0 Å². The Hall–Kier alpha value is -0.930. The minimum Gasteiger partial charge on any atom is -0.147 e. The van der Waals surface area contributed by atoms with Crippen molar-refractivity contribution >= 4 is 22.9 Å². The van der Waals surface area contributed by atoms with E-state index in [-0.39, 0.29) is 0 Å². The Morgan fingerprint density at radius 1 is 1.17 bits per heavy atom. The first-order valence-electron chi connectivity index (χ1n) is 3.38. The zero-order valence-electron chi connectivity index (χ0n) is 6.07. The lowest BCUT2D eigenvalue weighted by Gasteiger charge is -1.93. The third-order valence-corrected chi connectivity index (χ3v) is 2.44. The summed E-state index contributed by atoms with van der Waals surface area (Å²) < 4.78 is 0. The third kappa shape index (κ3) is 1.47. The van der Waals surface area contributed by atoms with E-state index in [2.05, 4.69) is 10.2 Å². The first-order valence-corrected chi connectivity index (χ1v) is 4.64. The van der Waals surface area contributed by atoms with E-state index in [0.717, 1.165) is 15.6 Å².